The van der Waals surface area contributed by atoms with Crippen LogP contribution in [0.2, 0.25) is 10.0 Å². The summed E-state index contributed by atoms with van der Waals surface area (Å²) in [5.41, 5.74) is 1.86. The molecule has 0 fully saturated rings. The van der Waals surface area contributed by atoms with Gasteiger partial charge in [-0.05, 0) is 42.5 Å². The van der Waals surface area contributed by atoms with Gasteiger partial charge in [-0.25, -0.2) is 0 Å². The van der Waals surface area contributed by atoms with Crippen LogP contribution in [0.15, 0.2) is 71.3 Å². The Kier molecular flexibility index (Phi) is 6.55. The molecule has 0 bridgehead atoms. The summed E-state index contributed by atoms with van der Waals surface area (Å²) in [5.74, 6) is 0.234. The van der Waals surface area contributed by atoms with Crippen molar-refractivity contribution in [3.8, 4) is 22.6 Å². The zero-order valence-electron chi connectivity index (χ0n) is 16.8. The Labute approximate surface area is 203 Å². The second kappa shape index (κ2) is 9.36. The van der Waals surface area contributed by atoms with E-state index in [0.717, 1.165) is 4.47 Å². The van der Waals surface area contributed by atoms with E-state index in [2.05, 4.69) is 26.2 Å². The van der Waals surface area contributed by atoms with Crippen molar-refractivity contribution in [3.63, 3.8) is 0 Å². The molecule has 0 aliphatic rings. The van der Waals surface area contributed by atoms with Gasteiger partial charge in [0.05, 0.1) is 10.0 Å². The average molecular weight is 532 g/mol. The van der Waals surface area contributed by atoms with Crippen molar-refractivity contribution in [2.45, 2.75) is 13.2 Å². The molecule has 0 aliphatic carbocycles. The first kappa shape index (κ1) is 22.4. The second-order valence-electron chi connectivity index (χ2n) is 7.02. The fourth-order valence-corrected chi connectivity index (χ4v) is 4.21. The molecule has 2 N–H and O–H groups in total. The Bertz CT molecular complexity index is 1310. The highest BCUT2D eigenvalue weighted by molar-refractivity contribution is 9.10. The normalized spacial score (nSPS) is 11.9. The Morgan fingerprint density at radius 1 is 1.09 bits per heavy atom. The molecule has 3 aromatic carbocycles. The van der Waals surface area contributed by atoms with Gasteiger partial charge in [0.25, 0.3) is 0 Å². The van der Waals surface area contributed by atoms with Crippen LogP contribution in [0.4, 0.5) is 0 Å². The number of rotatable bonds is 5. The number of ether oxygens (including phenoxy) is 1. The smallest absolute Gasteiger partial charge is 0.219 e. The highest BCUT2D eigenvalue weighted by Gasteiger charge is 2.22. The van der Waals surface area contributed by atoms with Gasteiger partial charge < -0.3 is 15.2 Å². The minimum absolute atomic E-state index is 0.0334. The minimum Gasteiger partial charge on any atom is -0.505 e. The van der Waals surface area contributed by atoms with Gasteiger partial charge in [0.2, 0.25) is 5.91 Å². The van der Waals surface area contributed by atoms with Crippen LogP contribution < -0.4 is 10.1 Å². The third kappa shape index (κ3) is 4.53. The summed E-state index contributed by atoms with van der Waals surface area (Å²) in [6.45, 7) is 1.40. The summed E-state index contributed by atoms with van der Waals surface area (Å²) in [7, 11) is 0. The van der Waals surface area contributed by atoms with Crippen LogP contribution >= 0.6 is 39.1 Å². The number of phenolic OH excluding ortho intramolecular Hbond substituents is 1. The fraction of sp³-hybridized carbons (Fsp3) is 0.0833. The zero-order chi connectivity index (χ0) is 22.8. The van der Waals surface area contributed by atoms with Gasteiger partial charge in [0.1, 0.15) is 17.0 Å². The third-order valence-corrected chi connectivity index (χ3v) is 6.08. The van der Waals surface area contributed by atoms with Gasteiger partial charge in [-0.2, -0.15) is 0 Å². The number of hydrogen-bond acceptors (Lipinski definition) is 4. The van der Waals surface area contributed by atoms with Gasteiger partial charge in [-0.3, -0.25) is 9.78 Å². The van der Waals surface area contributed by atoms with Gasteiger partial charge in [0.15, 0.2) is 6.23 Å². The molecule has 0 spiro atoms. The topological polar surface area (TPSA) is 71.5 Å². The van der Waals surface area contributed by atoms with Crippen LogP contribution in [0.1, 0.15) is 18.7 Å². The molecule has 1 amide bonds. The van der Waals surface area contributed by atoms with Crippen LogP contribution in [0, 0.1) is 0 Å². The molecule has 162 valence electrons. The lowest BCUT2D eigenvalue weighted by Gasteiger charge is -2.22. The number of aromatic nitrogens is 1. The number of phenols is 1. The first-order valence-electron chi connectivity index (χ1n) is 9.59. The molecule has 4 aromatic rings. The summed E-state index contributed by atoms with van der Waals surface area (Å²) in [5, 5.41) is 15.1. The maximum absolute atomic E-state index is 11.9. The fourth-order valence-electron chi connectivity index (χ4n) is 3.36. The predicted molar refractivity (Wildman–Crippen MR) is 130 cm³/mol. The quantitative estimate of drug-likeness (QED) is 0.275. The Morgan fingerprint density at radius 3 is 2.56 bits per heavy atom. The molecule has 8 heteroatoms. The summed E-state index contributed by atoms with van der Waals surface area (Å²) in [6, 6.07) is 17.7. The molecule has 1 atom stereocenters. The van der Waals surface area contributed by atoms with E-state index in [9.17, 15) is 9.90 Å². The maximum atomic E-state index is 11.9. The monoisotopic (exact) mass is 530 g/mol. The Morgan fingerprint density at radius 2 is 1.84 bits per heavy atom. The van der Waals surface area contributed by atoms with E-state index in [1.54, 1.807) is 54.7 Å². The van der Waals surface area contributed by atoms with Crippen molar-refractivity contribution in [2.24, 2.45) is 0 Å². The van der Waals surface area contributed by atoms with Crippen molar-refractivity contribution < 1.29 is 14.6 Å². The molecule has 0 aliphatic heterocycles. The van der Waals surface area contributed by atoms with E-state index in [-0.39, 0.29) is 11.7 Å². The summed E-state index contributed by atoms with van der Waals surface area (Å²) in [6.07, 6.45) is 0.733. The van der Waals surface area contributed by atoms with Crippen molar-refractivity contribution in [1.29, 1.82) is 0 Å². The summed E-state index contributed by atoms with van der Waals surface area (Å²) < 4.78 is 6.93. The number of fused-ring (bicyclic) bond motifs is 1. The molecular formula is C24H17BrCl2N2O3. The molecule has 0 saturated carbocycles. The number of halogens is 3. The second-order valence-corrected chi connectivity index (χ2v) is 8.72. The van der Waals surface area contributed by atoms with Crippen molar-refractivity contribution in [3.05, 3.63) is 86.9 Å². The van der Waals surface area contributed by atoms with Gasteiger partial charge in [-0.1, -0.05) is 57.3 Å². The average Bonchev–Trinajstić information content (AvgIpc) is 2.77. The van der Waals surface area contributed by atoms with Crippen molar-refractivity contribution >= 4 is 55.9 Å². The molecule has 0 saturated heterocycles. The third-order valence-electron chi connectivity index (χ3n) is 4.82. The van der Waals surface area contributed by atoms with Crippen LogP contribution in [0.5, 0.6) is 11.5 Å². The number of aromatic hydroxyl groups is 1. The largest absolute Gasteiger partial charge is 0.505 e. The maximum Gasteiger partial charge on any atom is 0.219 e. The van der Waals surface area contributed by atoms with E-state index in [1.807, 2.05) is 12.1 Å². The number of hydrogen-bond donors (Lipinski definition) is 2. The van der Waals surface area contributed by atoms with Crippen molar-refractivity contribution in [1.82, 2.24) is 10.3 Å². The number of nitrogens with one attached hydrogen (secondary N) is 1. The molecule has 4 rings (SSSR count). The standard InChI is InChI=1S/C24H17BrCl2N2O3/c1-13(30)29-24(32-15-9-7-14(25)8-10-15)18-5-2-4-16(21(18)27)19-12-20(26)17-6-3-11-28-22(17)23(19)31/h2-12,24,31H,1H3,(H,29,30). The summed E-state index contributed by atoms with van der Waals surface area (Å²) >= 11 is 16.6. The van der Waals surface area contributed by atoms with Crippen LogP contribution in [0.3, 0.4) is 0 Å². The number of nitrogens with zero attached hydrogens (tertiary/aromatic N) is 1. The SMILES string of the molecule is CC(=O)NC(Oc1ccc(Br)cc1)c1cccc(-c2cc(Cl)c3cccnc3c2O)c1Cl. The number of pyridine rings is 1. The van der Waals surface area contributed by atoms with Gasteiger partial charge in [-0.15, -0.1) is 0 Å². The molecule has 5 nitrogen and oxygen atoms in total. The van der Waals surface area contributed by atoms with Crippen LogP contribution in [-0.4, -0.2) is 16.0 Å². The van der Waals surface area contributed by atoms with E-state index in [0.29, 0.717) is 43.4 Å². The lowest BCUT2D eigenvalue weighted by atomic mass is 9.99. The number of amides is 1. The van der Waals surface area contributed by atoms with Gasteiger partial charge in [0, 0.05) is 39.7 Å². The van der Waals surface area contributed by atoms with E-state index in [4.69, 9.17) is 27.9 Å². The molecule has 32 heavy (non-hydrogen) atoms. The molecular weight excluding hydrogens is 515 g/mol. The first-order chi connectivity index (χ1) is 15.3. The van der Waals surface area contributed by atoms with Crippen LogP contribution in [0.25, 0.3) is 22.0 Å². The zero-order valence-corrected chi connectivity index (χ0v) is 19.9. The number of carbonyl (C=O) groups excluding carboxylic acids is 1. The number of carbonyl (C=O) groups is 1. The lowest BCUT2D eigenvalue weighted by Crippen LogP contribution is -2.30. The van der Waals surface area contributed by atoms with E-state index >= 15 is 0 Å². The highest BCUT2D eigenvalue weighted by Crippen LogP contribution is 2.43. The molecule has 1 unspecified atom stereocenters. The minimum atomic E-state index is -0.850. The first-order valence-corrected chi connectivity index (χ1v) is 11.1. The molecule has 1 heterocycles. The lowest BCUT2D eigenvalue weighted by molar-refractivity contribution is -0.121. The highest BCUT2D eigenvalue weighted by atomic mass is 79.9. The number of benzene rings is 3. The van der Waals surface area contributed by atoms with Crippen molar-refractivity contribution in [2.75, 3.05) is 0 Å². The Hall–Kier alpha value is -2.80. The van der Waals surface area contributed by atoms with Gasteiger partial charge >= 0.3 is 0 Å². The summed E-state index contributed by atoms with van der Waals surface area (Å²) in [4.78, 5) is 16.1. The van der Waals surface area contributed by atoms with E-state index in [1.165, 1.54) is 6.92 Å². The van der Waals surface area contributed by atoms with E-state index < -0.39 is 6.23 Å². The predicted octanol–water partition coefficient (Wildman–Crippen LogP) is 6.89. The van der Waals surface area contributed by atoms with Crippen LogP contribution in [-0.2, 0) is 4.79 Å². The molecule has 0 radical (unpaired) electrons. The molecule has 1 aromatic heterocycles. The Balaban J connectivity index is 1.81.